The molecular weight excluding hydrogens is 371 g/mol. The van der Waals surface area contributed by atoms with Gasteiger partial charge < -0.3 is 15.5 Å². The van der Waals surface area contributed by atoms with E-state index in [4.69, 9.17) is 11.6 Å². The van der Waals surface area contributed by atoms with Gasteiger partial charge in [0, 0.05) is 14.1 Å². The van der Waals surface area contributed by atoms with Crippen molar-refractivity contribution in [2.75, 3.05) is 19.4 Å². The van der Waals surface area contributed by atoms with Crippen molar-refractivity contribution in [3.63, 3.8) is 0 Å². The average molecular weight is 394 g/mol. The lowest BCUT2D eigenvalue weighted by atomic mass is 10.0. The molecule has 1 unspecified atom stereocenters. The number of halogens is 4. The Kier molecular flexibility index (Phi) is 7.32. The van der Waals surface area contributed by atoms with Crippen LogP contribution < -0.4 is 10.6 Å². The predicted molar refractivity (Wildman–Crippen MR) is 95.0 cm³/mol. The van der Waals surface area contributed by atoms with Crippen LogP contribution in [0.3, 0.4) is 0 Å². The van der Waals surface area contributed by atoms with Gasteiger partial charge in [0.25, 0.3) is 0 Å². The number of nitrogens with one attached hydrogen (secondary N) is 2. The molecule has 0 saturated heterocycles. The number of amides is 2. The highest BCUT2D eigenvalue weighted by atomic mass is 35.5. The van der Waals surface area contributed by atoms with E-state index in [2.05, 4.69) is 10.6 Å². The third kappa shape index (κ3) is 5.79. The van der Waals surface area contributed by atoms with Crippen LogP contribution in [0.1, 0.15) is 26.3 Å². The Bertz CT molecular complexity index is 663. The molecule has 1 aromatic rings. The maximum absolute atomic E-state index is 12.7. The first-order chi connectivity index (χ1) is 11.8. The van der Waals surface area contributed by atoms with Gasteiger partial charge in [-0.3, -0.25) is 9.59 Å². The zero-order valence-electron chi connectivity index (χ0n) is 15.2. The molecule has 2 atom stereocenters. The van der Waals surface area contributed by atoms with Crippen LogP contribution >= 0.6 is 11.6 Å². The molecule has 0 radical (unpaired) electrons. The molecular formula is C17H23ClF3N3O2. The fourth-order valence-electron chi connectivity index (χ4n) is 2.26. The number of likely N-dealkylation sites (N-methyl/N-ethyl adjacent to an activating group) is 1. The molecule has 0 saturated carbocycles. The highest BCUT2D eigenvalue weighted by Crippen LogP contribution is 2.34. The fraction of sp³-hybridized carbons (Fsp3) is 0.529. The molecule has 0 aliphatic rings. The summed E-state index contributed by atoms with van der Waals surface area (Å²) in [7, 11) is 3.15. The number of carbonyl (C=O) groups excluding carboxylic acids is 2. The summed E-state index contributed by atoms with van der Waals surface area (Å²) in [6.45, 7) is 5.10. The molecule has 0 aliphatic heterocycles. The first-order valence-corrected chi connectivity index (χ1v) is 8.37. The summed E-state index contributed by atoms with van der Waals surface area (Å²) < 4.78 is 38.2. The van der Waals surface area contributed by atoms with Gasteiger partial charge in [0.2, 0.25) is 11.8 Å². The monoisotopic (exact) mass is 393 g/mol. The van der Waals surface area contributed by atoms with Crippen molar-refractivity contribution in [2.24, 2.45) is 5.92 Å². The first kappa shape index (κ1) is 22.1. The number of nitrogens with zero attached hydrogens (tertiary/aromatic N) is 1. The number of hydrogen-bond donors (Lipinski definition) is 2. The number of hydrogen-bond acceptors (Lipinski definition) is 3. The third-order valence-corrected chi connectivity index (χ3v) is 4.04. The van der Waals surface area contributed by atoms with Gasteiger partial charge in [-0.15, -0.1) is 0 Å². The molecule has 9 heteroatoms. The Hall–Kier alpha value is -1.96. The first-order valence-electron chi connectivity index (χ1n) is 7.99. The van der Waals surface area contributed by atoms with E-state index in [1.807, 2.05) is 0 Å². The maximum atomic E-state index is 12.7. The molecule has 0 aliphatic carbocycles. The average Bonchev–Trinajstić information content (AvgIpc) is 2.51. The standard InChI is InChI=1S/C17H23ClF3N3O2/c1-9(2)14(15(25)22-10(3)16(26)24(4)5)23-13-7-6-11(8-12(13)18)17(19,20)21/h6-10,14,23H,1-5H3,(H,22,25)/t10?,14-/m0/s1. The lowest BCUT2D eigenvalue weighted by molar-refractivity contribution is -0.137. The number of rotatable bonds is 6. The van der Waals surface area contributed by atoms with Crippen molar-refractivity contribution in [2.45, 2.75) is 39.0 Å². The van der Waals surface area contributed by atoms with E-state index in [0.717, 1.165) is 12.1 Å². The number of benzene rings is 1. The zero-order chi connectivity index (χ0) is 20.2. The van der Waals surface area contributed by atoms with Gasteiger partial charge in [0.05, 0.1) is 16.3 Å². The van der Waals surface area contributed by atoms with Crippen LogP contribution in [-0.4, -0.2) is 42.9 Å². The molecule has 0 bridgehead atoms. The van der Waals surface area contributed by atoms with Gasteiger partial charge in [-0.2, -0.15) is 13.2 Å². The quantitative estimate of drug-likeness (QED) is 0.778. The van der Waals surface area contributed by atoms with Crippen molar-refractivity contribution in [1.29, 1.82) is 0 Å². The Morgan fingerprint density at radius 1 is 1.15 bits per heavy atom. The molecule has 2 N–H and O–H groups in total. The zero-order valence-corrected chi connectivity index (χ0v) is 16.0. The van der Waals surface area contributed by atoms with Crippen molar-refractivity contribution in [3.8, 4) is 0 Å². The maximum Gasteiger partial charge on any atom is 0.416 e. The molecule has 0 aromatic heterocycles. The minimum Gasteiger partial charge on any atom is -0.372 e. The minimum atomic E-state index is -4.50. The van der Waals surface area contributed by atoms with Crippen molar-refractivity contribution < 1.29 is 22.8 Å². The Labute approximate surface area is 155 Å². The summed E-state index contributed by atoms with van der Waals surface area (Å²) in [4.78, 5) is 25.7. The Morgan fingerprint density at radius 2 is 1.73 bits per heavy atom. The van der Waals surface area contributed by atoms with Crippen LogP contribution in [0, 0.1) is 5.92 Å². The van der Waals surface area contributed by atoms with Gasteiger partial charge in [0.15, 0.2) is 0 Å². The summed E-state index contributed by atoms with van der Waals surface area (Å²) in [5.41, 5.74) is -0.663. The van der Waals surface area contributed by atoms with Crippen LogP contribution in [0.25, 0.3) is 0 Å². The highest BCUT2D eigenvalue weighted by molar-refractivity contribution is 6.33. The van der Waals surface area contributed by atoms with E-state index < -0.39 is 29.7 Å². The molecule has 26 heavy (non-hydrogen) atoms. The third-order valence-electron chi connectivity index (χ3n) is 3.73. The SMILES string of the molecule is CC(NC(=O)[C@@H](Nc1ccc(C(F)(F)F)cc1Cl)C(C)C)C(=O)N(C)C. The lowest BCUT2D eigenvalue weighted by Gasteiger charge is -2.26. The number of carbonyl (C=O) groups is 2. The van der Waals surface area contributed by atoms with Crippen LogP contribution in [0.4, 0.5) is 18.9 Å². The largest absolute Gasteiger partial charge is 0.416 e. The Balaban J connectivity index is 2.95. The predicted octanol–water partition coefficient (Wildman–Crippen LogP) is 3.39. The molecule has 2 amide bonds. The molecule has 0 fully saturated rings. The van der Waals surface area contributed by atoms with Gasteiger partial charge in [-0.25, -0.2) is 0 Å². The molecule has 0 heterocycles. The van der Waals surface area contributed by atoms with Crippen molar-refractivity contribution in [3.05, 3.63) is 28.8 Å². The summed E-state index contributed by atoms with van der Waals surface area (Å²) in [5.74, 6) is -0.915. The summed E-state index contributed by atoms with van der Waals surface area (Å²) in [6, 6.07) is 1.37. The second-order valence-electron chi connectivity index (χ2n) is 6.52. The summed E-state index contributed by atoms with van der Waals surface area (Å²) in [5, 5.41) is 5.32. The molecule has 1 rings (SSSR count). The molecule has 1 aromatic carbocycles. The summed E-state index contributed by atoms with van der Waals surface area (Å²) in [6.07, 6.45) is -4.50. The van der Waals surface area contributed by atoms with Crippen LogP contribution in [0.2, 0.25) is 5.02 Å². The van der Waals surface area contributed by atoms with E-state index in [9.17, 15) is 22.8 Å². The van der Waals surface area contributed by atoms with Gasteiger partial charge >= 0.3 is 6.18 Å². The molecule has 146 valence electrons. The Morgan fingerprint density at radius 3 is 2.15 bits per heavy atom. The van der Waals surface area contributed by atoms with E-state index in [1.54, 1.807) is 34.9 Å². The number of anilines is 1. The van der Waals surface area contributed by atoms with Crippen molar-refractivity contribution in [1.82, 2.24) is 10.2 Å². The fourth-order valence-corrected chi connectivity index (χ4v) is 2.50. The van der Waals surface area contributed by atoms with E-state index in [1.165, 1.54) is 11.0 Å². The van der Waals surface area contributed by atoms with Crippen LogP contribution in [0.15, 0.2) is 18.2 Å². The van der Waals surface area contributed by atoms with Crippen LogP contribution in [0.5, 0.6) is 0 Å². The van der Waals surface area contributed by atoms with Gasteiger partial charge in [-0.1, -0.05) is 25.4 Å². The molecule has 5 nitrogen and oxygen atoms in total. The normalized spacial score (nSPS) is 13.9. The van der Waals surface area contributed by atoms with Gasteiger partial charge in [-0.05, 0) is 31.0 Å². The lowest BCUT2D eigenvalue weighted by Crippen LogP contribution is -2.50. The van der Waals surface area contributed by atoms with Gasteiger partial charge in [0.1, 0.15) is 12.1 Å². The van der Waals surface area contributed by atoms with E-state index in [-0.39, 0.29) is 22.5 Å². The minimum absolute atomic E-state index is 0.143. The van der Waals surface area contributed by atoms with Crippen molar-refractivity contribution >= 4 is 29.1 Å². The second kappa shape index (κ2) is 8.62. The van der Waals surface area contributed by atoms with Crippen LogP contribution in [-0.2, 0) is 15.8 Å². The number of alkyl halides is 3. The van der Waals surface area contributed by atoms with E-state index in [0.29, 0.717) is 0 Å². The van der Waals surface area contributed by atoms with E-state index >= 15 is 0 Å². The smallest absolute Gasteiger partial charge is 0.372 e. The second-order valence-corrected chi connectivity index (χ2v) is 6.93. The topological polar surface area (TPSA) is 61.4 Å². The highest BCUT2D eigenvalue weighted by Gasteiger charge is 2.31. The summed E-state index contributed by atoms with van der Waals surface area (Å²) >= 11 is 5.93. The molecule has 0 spiro atoms.